The summed E-state index contributed by atoms with van der Waals surface area (Å²) < 4.78 is 5.15. The van der Waals surface area contributed by atoms with E-state index in [1.54, 1.807) is 36.6 Å². The number of carbonyl (C=O) groups excluding carboxylic acids is 2. The third-order valence-electron chi connectivity index (χ3n) is 4.86. The molecule has 0 aliphatic carbocycles. The van der Waals surface area contributed by atoms with E-state index >= 15 is 0 Å². The maximum Gasteiger partial charge on any atom is 0.246 e. The summed E-state index contributed by atoms with van der Waals surface area (Å²) >= 11 is 0. The molecule has 1 saturated heterocycles. The van der Waals surface area contributed by atoms with E-state index in [0.717, 1.165) is 16.9 Å². The molecule has 6 nitrogen and oxygen atoms in total. The van der Waals surface area contributed by atoms with E-state index in [2.05, 4.69) is 4.98 Å². The smallest absolute Gasteiger partial charge is 0.246 e. The molecule has 0 saturated carbocycles. The molecular formula is C22H25N3O3. The number of methoxy groups -OCH3 is 1. The van der Waals surface area contributed by atoms with Gasteiger partial charge in [-0.15, -0.1) is 0 Å². The quantitative estimate of drug-likeness (QED) is 0.723. The molecule has 0 bridgehead atoms. The van der Waals surface area contributed by atoms with Gasteiger partial charge in [0.25, 0.3) is 0 Å². The number of aryl methyl sites for hydroxylation is 1. The van der Waals surface area contributed by atoms with Gasteiger partial charge in [-0.3, -0.25) is 14.6 Å². The minimum Gasteiger partial charge on any atom is -0.497 e. The number of piperazine rings is 1. The van der Waals surface area contributed by atoms with Crippen LogP contribution < -0.4 is 4.74 Å². The van der Waals surface area contributed by atoms with Gasteiger partial charge in [0, 0.05) is 51.1 Å². The molecule has 1 aliphatic rings. The number of benzene rings is 1. The molecule has 1 fully saturated rings. The highest BCUT2D eigenvalue weighted by Gasteiger charge is 2.22. The zero-order valence-electron chi connectivity index (χ0n) is 16.1. The van der Waals surface area contributed by atoms with Crippen molar-refractivity contribution in [3.8, 4) is 5.75 Å². The van der Waals surface area contributed by atoms with E-state index in [1.807, 2.05) is 41.3 Å². The van der Waals surface area contributed by atoms with Crippen molar-refractivity contribution in [1.29, 1.82) is 0 Å². The first-order chi connectivity index (χ1) is 13.7. The topological polar surface area (TPSA) is 62.7 Å². The van der Waals surface area contributed by atoms with E-state index < -0.39 is 0 Å². The van der Waals surface area contributed by atoms with Gasteiger partial charge in [0.2, 0.25) is 11.8 Å². The van der Waals surface area contributed by atoms with Gasteiger partial charge in [0.15, 0.2) is 0 Å². The van der Waals surface area contributed by atoms with Crippen LogP contribution in [-0.4, -0.2) is 59.9 Å². The molecule has 2 heterocycles. The summed E-state index contributed by atoms with van der Waals surface area (Å²) in [4.78, 5) is 32.4. The summed E-state index contributed by atoms with van der Waals surface area (Å²) in [6, 6.07) is 11.5. The summed E-state index contributed by atoms with van der Waals surface area (Å²) in [5.41, 5.74) is 2.06. The van der Waals surface area contributed by atoms with Crippen molar-refractivity contribution >= 4 is 17.9 Å². The first-order valence-electron chi connectivity index (χ1n) is 9.43. The minimum atomic E-state index is -0.0258. The van der Waals surface area contributed by atoms with Crippen molar-refractivity contribution < 1.29 is 14.3 Å². The fraction of sp³-hybridized carbons (Fsp3) is 0.318. The molecule has 1 aromatic carbocycles. The molecule has 3 rings (SSSR count). The van der Waals surface area contributed by atoms with Gasteiger partial charge in [-0.1, -0.05) is 12.1 Å². The second-order valence-electron chi connectivity index (χ2n) is 6.67. The van der Waals surface area contributed by atoms with Crippen LogP contribution in [0.4, 0.5) is 0 Å². The lowest BCUT2D eigenvalue weighted by Crippen LogP contribution is -2.50. The zero-order chi connectivity index (χ0) is 19.8. The second-order valence-corrected chi connectivity index (χ2v) is 6.67. The largest absolute Gasteiger partial charge is 0.497 e. The molecule has 1 aromatic heterocycles. The fourth-order valence-corrected chi connectivity index (χ4v) is 3.13. The summed E-state index contributed by atoms with van der Waals surface area (Å²) in [5.74, 6) is 0.922. The number of hydrogen-bond donors (Lipinski definition) is 0. The van der Waals surface area contributed by atoms with E-state index in [-0.39, 0.29) is 11.8 Å². The summed E-state index contributed by atoms with van der Waals surface area (Å²) in [6.45, 7) is 2.29. The Bertz CT molecular complexity index is 811. The van der Waals surface area contributed by atoms with Crippen LogP contribution >= 0.6 is 0 Å². The van der Waals surface area contributed by atoms with Crippen LogP contribution in [0.5, 0.6) is 5.75 Å². The van der Waals surface area contributed by atoms with E-state index in [1.165, 1.54) is 0 Å². The lowest BCUT2D eigenvalue weighted by Gasteiger charge is -2.34. The monoisotopic (exact) mass is 379 g/mol. The Morgan fingerprint density at radius 3 is 2.29 bits per heavy atom. The molecule has 0 unspecified atom stereocenters. The number of carbonyl (C=O) groups is 2. The lowest BCUT2D eigenvalue weighted by atomic mass is 10.1. The predicted octanol–water partition coefficient (Wildman–Crippen LogP) is 2.41. The molecule has 0 N–H and O–H groups in total. The highest BCUT2D eigenvalue weighted by atomic mass is 16.5. The molecule has 0 radical (unpaired) electrons. The molecule has 0 atom stereocenters. The molecule has 1 aliphatic heterocycles. The SMILES string of the molecule is COc1ccc(CCC(=O)N2CCN(C(=O)C=Cc3ccncc3)CC2)cc1. The van der Waals surface area contributed by atoms with Gasteiger partial charge in [-0.25, -0.2) is 0 Å². The van der Waals surface area contributed by atoms with Crippen LogP contribution in [0.1, 0.15) is 17.5 Å². The van der Waals surface area contributed by atoms with Crippen LogP contribution in [0.3, 0.4) is 0 Å². The molecule has 2 amide bonds. The lowest BCUT2D eigenvalue weighted by molar-refractivity contribution is -0.137. The molecular weight excluding hydrogens is 354 g/mol. The van der Waals surface area contributed by atoms with Crippen LogP contribution in [0.2, 0.25) is 0 Å². The van der Waals surface area contributed by atoms with Crippen molar-refractivity contribution in [2.75, 3.05) is 33.3 Å². The minimum absolute atomic E-state index is 0.0258. The zero-order valence-corrected chi connectivity index (χ0v) is 16.1. The number of nitrogens with zero attached hydrogens (tertiary/aromatic N) is 3. The molecule has 2 aromatic rings. The molecule has 28 heavy (non-hydrogen) atoms. The summed E-state index contributed by atoms with van der Waals surface area (Å²) in [7, 11) is 1.64. The Balaban J connectivity index is 1.43. The average Bonchev–Trinajstić information content (AvgIpc) is 2.77. The predicted molar refractivity (Wildman–Crippen MR) is 108 cm³/mol. The summed E-state index contributed by atoms with van der Waals surface area (Å²) in [6.07, 6.45) is 7.94. The van der Waals surface area contributed by atoms with Gasteiger partial charge in [0.1, 0.15) is 5.75 Å². The van der Waals surface area contributed by atoms with Crippen LogP contribution in [-0.2, 0) is 16.0 Å². The molecule has 6 heteroatoms. The third kappa shape index (κ3) is 5.42. The average molecular weight is 379 g/mol. The van der Waals surface area contributed by atoms with Crippen LogP contribution in [0.25, 0.3) is 6.08 Å². The van der Waals surface area contributed by atoms with Crippen LogP contribution in [0.15, 0.2) is 54.9 Å². The van der Waals surface area contributed by atoms with Crippen molar-refractivity contribution in [2.24, 2.45) is 0 Å². The Labute approximate surface area is 165 Å². The van der Waals surface area contributed by atoms with Crippen LogP contribution in [0, 0.1) is 0 Å². The van der Waals surface area contributed by atoms with Gasteiger partial charge < -0.3 is 14.5 Å². The Morgan fingerprint density at radius 2 is 1.64 bits per heavy atom. The molecule has 146 valence electrons. The van der Waals surface area contributed by atoms with Crippen molar-refractivity contribution in [1.82, 2.24) is 14.8 Å². The van der Waals surface area contributed by atoms with E-state index in [0.29, 0.717) is 39.0 Å². The number of hydrogen-bond acceptors (Lipinski definition) is 4. The number of ether oxygens (including phenoxy) is 1. The van der Waals surface area contributed by atoms with Gasteiger partial charge in [0.05, 0.1) is 7.11 Å². The van der Waals surface area contributed by atoms with Gasteiger partial charge in [-0.05, 0) is 47.9 Å². The number of aromatic nitrogens is 1. The van der Waals surface area contributed by atoms with Crippen molar-refractivity contribution in [2.45, 2.75) is 12.8 Å². The van der Waals surface area contributed by atoms with Gasteiger partial charge >= 0.3 is 0 Å². The maximum absolute atomic E-state index is 12.5. The second kappa shape index (κ2) is 9.69. The molecule has 0 spiro atoms. The fourth-order valence-electron chi connectivity index (χ4n) is 3.13. The van der Waals surface area contributed by atoms with E-state index in [9.17, 15) is 9.59 Å². The standard InChI is InChI=1S/C22H25N3O3/c1-28-20-6-2-18(3-7-20)4-8-21(26)24-14-16-25(17-15-24)22(27)9-5-19-10-12-23-13-11-19/h2-3,5-7,9-13H,4,8,14-17H2,1H3. The van der Waals surface area contributed by atoms with E-state index in [4.69, 9.17) is 4.74 Å². The number of pyridine rings is 1. The number of rotatable bonds is 6. The van der Waals surface area contributed by atoms with Crippen molar-refractivity contribution in [3.63, 3.8) is 0 Å². The first-order valence-corrected chi connectivity index (χ1v) is 9.43. The van der Waals surface area contributed by atoms with Gasteiger partial charge in [-0.2, -0.15) is 0 Å². The normalized spacial score (nSPS) is 14.3. The maximum atomic E-state index is 12.5. The Morgan fingerprint density at radius 1 is 1.00 bits per heavy atom. The Hall–Kier alpha value is -3.15. The first kappa shape index (κ1) is 19.6. The summed E-state index contributed by atoms with van der Waals surface area (Å²) in [5, 5.41) is 0. The van der Waals surface area contributed by atoms with Crippen molar-refractivity contribution in [3.05, 3.63) is 66.0 Å². The number of amides is 2. The third-order valence-corrected chi connectivity index (χ3v) is 4.86. The highest BCUT2D eigenvalue weighted by Crippen LogP contribution is 2.14. The highest BCUT2D eigenvalue weighted by molar-refractivity contribution is 5.92. The Kier molecular flexibility index (Phi) is 6.78.